The van der Waals surface area contributed by atoms with E-state index < -0.39 is 271 Å². The number of amides is 15. The minimum atomic E-state index is -2.06. The van der Waals surface area contributed by atoms with Gasteiger partial charge in [0, 0.05) is 108 Å². The highest BCUT2D eigenvalue weighted by molar-refractivity contribution is 8.00. The van der Waals surface area contributed by atoms with Crippen LogP contribution < -0.4 is 53.6 Å². The van der Waals surface area contributed by atoms with Crippen LogP contribution in [0.1, 0.15) is 113 Å². The summed E-state index contributed by atoms with van der Waals surface area (Å²) in [5.41, 5.74) is 7.64. The number of fused-ring (bicyclic) bond motifs is 3. The topological polar surface area (TPSA) is 541 Å². The van der Waals surface area contributed by atoms with E-state index in [-0.39, 0.29) is 68.4 Å². The Kier molecular flexibility index (Phi) is 37.8. The van der Waals surface area contributed by atoms with E-state index in [1.54, 1.807) is 112 Å². The highest BCUT2D eigenvalue weighted by Crippen LogP contribution is 2.30. The molecule has 1 aromatic heterocycles. The summed E-state index contributed by atoms with van der Waals surface area (Å²) in [6.07, 6.45) is -5.72. The number of nitrogens with zero attached hydrogens (tertiary/aromatic N) is 5. The molecule has 6 aromatic carbocycles. The number of aliphatic hydroxyl groups excluding tert-OH is 2. The number of unbranched alkanes of at least 4 members (excludes halogenated alkanes) is 1. The first-order valence-corrected chi connectivity index (χ1v) is 46.6. The van der Waals surface area contributed by atoms with Crippen LogP contribution in [0.2, 0.25) is 0 Å². The highest BCUT2D eigenvalue weighted by atomic mass is 32.2. The number of nitrogens with one attached hydrogen (secondary N) is 10. The number of phenols is 2. The van der Waals surface area contributed by atoms with Gasteiger partial charge in [-0.1, -0.05) is 151 Å². The fourth-order valence-corrected chi connectivity index (χ4v) is 17.9. The number of rotatable bonds is 23. The van der Waals surface area contributed by atoms with Gasteiger partial charge in [0.25, 0.3) is 0 Å². The fraction of sp³-hybridized carbons (Fsp3) is 0.443. The van der Waals surface area contributed by atoms with Crippen LogP contribution in [0.15, 0.2) is 152 Å². The summed E-state index contributed by atoms with van der Waals surface area (Å²) in [5.74, 6) is -25.6. The number of halogens is 3. The number of benzene rings is 6. The molecule has 41 heteroatoms. The Morgan fingerprint density at radius 1 is 0.493 bits per heavy atom. The van der Waals surface area contributed by atoms with Crippen molar-refractivity contribution < 1.29 is 115 Å². The molecule has 3 saturated heterocycles. The lowest BCUT2D eigenvalue weighted by atomic mass is 9.98. The quantitative estimate of drug-likeness (QED) is 0.0406. The maximum absolute atomic E-state index is 15.8. The second kappa shape index (κ2) is 49.2. The molecule has 4 heterocycles. The zero-order valence-electron chi connectivity index (χ0n) is 77.6. The van der Waals surface area contributed by atoms with Crippen LogP contribution in [0, 0.1) is 29.3 Å². The summed E-state index contributed by atoms with van der Waals surface area (Å²) in [4.78, 5) is 247. The van der Waals surface area contributed by atoms with Gasteiger partial charge in [-0.3, -0.25) is 76.7 Å². The van der Waals surface area contributed by atoms with Crippen molar-refractivity contribution in [2.75, 3.05) is 52.3 Å². The normalized spacial score (nSPS) is 24.2. The number of aliphatic carboxylic acids is 1. The van der Waals surface area contributed by atoms with Crippen molar-refractivity contribution in [3.63, 3.8) is 0 Å². The number of likely N-dealkylation sites (N-methyl/N-ethyl adjacent to an activating group) is 3. The SMILES string of the molecule is CCCC[C@H]1C(=O)N2C[C@H](O)C[C@@H]2C(=O)N[C@@H](CC(=O)O)C(=O)N[C@@H](C(C)C)C(=O)N(C)[C@@H](Cc2ccccc2)C(=O)N[C@@H](Cc2ccc(O)cc2)C(=O)N2C[C@H](O)C[C@@H]2C(=O)N[C@@H](Cc2c[nH]c3ccccc23)C(=O)N[C@@H](Cc2ccc(O)cc2)C(=O)N[C@@H](CC(C)C)C(=O)N[C@H](C(=O)NCC(N)=O)CSCC(=O)N[C@@H](Cc2cc(F)c(F)c(F)c2)C(=O)N(C)[C@@H](Cc2ccccc2)C(=O)N1C. The van der Waals surface area contributed by atoms with E-state index in [1.807, 2.05) is 0 Å². The van der Waals surface area contributed by atoms with Crippen LogP contribution in [0.3, 0.4) is 0 Å². The second-order valence-electron chi connectivity index (χ2n) is 35.7. The van der Waals surface area contributed by atoms with Crippen LogP contribution in [0.4, 0.5) is 13.2 Å². The molecule has 0 radical (unpaired) electrons. The number of thioether (sulfide) groups is 1. The molecule has 0 bridgehead atoms. The van der Waals surface area contributed by atoms with Crippen molar-refractivity contribution in [1.29, 1.82) is 0 Å². The fourth-order valence-electron chi connectivity index (χ4n) is 17.0. The van der Waals surface area contributed by atoms with Gasteiger partial charge >= 0.3 is 5.97 Å². The van der Waals surface area contributed by atoms with Gasteiger partial charge in [0.15, 0.2) is 17.5 Å². The van der Waals surface area contributed by atoms with E-state index in [1.165, 1.54) is 76.5 Å². The molecule has 0 spiro atoms. The summed E-state index contributed by atoms with van der Waals surface area (Å²) in [5, 5.41) is 78.4. The Hall–Kier alpha value is -14.0. The van der Waals surface area contributed by atoms with Crippen LogP contribution in [-0.2, 0) is 115 Å². The standard InChI is InChI=1S/C97H119F3N16O21S/c1-9-10-25-75-96(136)116-49-63(120)44-78(116)92(132)108-71(45-82(123)124)89(129)111-84(53(4)5)97(137)113(7)76(40-54-19-13-11-14-20-54)90(130)109-73(38-57-28-32-61(118)33-29-57)94(134)115-48-62(119)43-77(115)91(131)107-70(42-59-46-102-67-24-18-17-23-64(59)67)88(128)106-69(37-56-26-30-60(117)31-27-56)87(127)105-68(34-52(2)3)86(126)110-74(85(125)103-47-80(101)121)50-138-51-81(122)104-72(39-58-35-65(98)83(100)66(99)36-58)93(133)114(8)79(95(135)112(75)6)41-55-21-15-12-16-22-55/h11-24,26-33,35-36,46,52-53,62-63,68-79,84,102,117-120H,9-10,25,34,37-45,47-51H2,1-8H3,(H2,101,121)(H,103,125)(H,104,122)(H,105,127)(H,106,128)(H,107,131)(H,108,132)(H,109,130)(H,110,126)(H,111,129)(H,123,124)/t62-,63-,68+,69+,70+,71+,72+,73+,74+,75+,76+,77-,78-,79+,84+/m1/s1. The summed E-state index contributed by atoms with van der Waals surface area (Å²) >= 11 is 0.650. The molecule has 7 aromatic rings. The Labute approximate surface area is 798 Å². The highest BCUT2D eigenvalue weighted by Gasteiger charge is 2.49. The van der Waals surface area contributed by atoms with E-state index in [9.17, 15) is 58.7 Å². The molecule has 3 aliphatic rings. The molecule has 15 amide bonds. The predicted molar refractivity (Wildman–Crippen MR) is 499 cm³/mol. The number of hydrogen-bond donors (Lipinski definition) is 16. The smallest absolute Gasteiger partial charge is 0.305 e. The summed E-state index contributed by atoms with van der Waals surface area (Å²) in [7, 11) is 3.62. The zero-order chi connectivity index (χ0) is 101. The van der Waals surface area contributed by atoms with E-state index in [0.29, 0.717) is 69.0 Å². The zero-order valence-corrected chi connectivity index (χ0v) is 78.4. The monoisotopic (exact) mass is 1930 g/mol. The summed E-state index contributed by atoms with van der Waals surface area (Å²) in [6.45, 7) is 6.26. The molecular weight excluding hydrogens is 1810 g/mol. The Morgan fingerprint density at radius 3 is 1.51 bits per heavy atom. The van der Waals surface area contributed by atoms with Gasteiger partial charge in [-0.2, -0.15) is 0 Å². The van der Waals surface area contributed by atoms with Crippen molar-refractivity contribution >= 4 is 117 Å². The number of carboxylic acid groups (broad SMARTS) is 1. The van der Waals surface area contributed by atoms with Crippen LogP contribution >= 0.6 is 11.8 Å². The lowest BCUT2D eigenvalue weighted by Gasteiger charge is -2.38. The third kappa shape index (κ3) is 28.8. The molecule has 0 saturated carbocycles. The number of para-hydroxylation sites is 1. The van der Waals surface area contributed by atoms with Gasteiger partial charge in [0.05, 0.1) is 30.9 Å². The number of carboxylic acids is 1. The number of phenolic OH excluding ortho intramolecular Hbond substituents is 2. The van der Waals surface area contributed by atoms with Crippen molar-refractivity contribution in [2.45, 2.75) is 209 Å². The van der Waals surface area contributed by atoms with Gasteiger partial charge < -0.3 is 109 Å². The lowest BCUT2D eigenvalue weighted by Crippen LogP contribution is -2.62. The second-order valence-corrected chi connectivity index (χ2v) is 36.8. The first-order valence-electron chi connectivity index (χ1n) is 45.4. The van der Waals surface area contributed by atoms with Crippen molar-refractivity contribution in [1.82, 2.24) is 77.3 Å². The van der Waals surface area contributed by atoms with Crippen molar-refractivity contribution in [2.24, 2.45) is 17.6 Å². The molecule has 3 aliphatic heterocycles. The summed E-state index contributed by atoms with van der Waals surface area (Å²) in [6, 6.07) is 13.2. The van der Waals surface area contributed by atoms with Gasteiger partial charge in [-0.25, -0.2) is 13.2 Å². The van der Waals surface area contributed by atoms with E-state index in [0.717, 1.165) is 31.5 Å². The van der Waals surface area contributed by atoms with Crippen molar-refractivity contribution in [3.05, 3.63) is 203 Å². The van der Waals surface area contributed by atoms with Crippen LogP contribution in [0.25, 0.3) is 10.9 Å². The molecule has 138 heavy (non-hydrogen) atoms. The van der Waals surface area contributed by atoms with Crippen molar-refractivity contribution in [3.8, 4) is 11.5 Å². The maximum atomic E-state index is 15.8. The third-order valence-electron chi connectivity index (χ3n) is 24.4. The molecule has 37 nitrogen and oxygen atoms in total. The number of nitrogens with two attached hydrogens (primary N) is 1. The molecule has 10 rings (SSSR count). The Balaban J connectivity index is 1.07. The van der Waals surface area contributed by atoms with Gasteiger partial charge in [-0.15, -0.1) is 11.8 Å². The van der Waals surface area contributed by atoms with Crippen LogP contribution in [-0.4, -0.2) is 293 Å². The van der Waals surface area contributed by atoms with E-state index in [4.69, 9.17) is 5.73 Å². The number of carbonyl (C=O) groups is 16. The number of aromatic hydroxyl groups is 2. The van der Waals surface area contributed by atoms with Gasteiger partial charge in [0.1, 0.15) is 90.0 Å². The number of aromatic amines is 1. The number of H-pyrrole nitrogens is 1. The van der Waals surface area contributed by atoms with E-state index >= 15 is 56.7 Å². The first kappa shape index (κ1) is 106. The Morgan fingerprint density at radius 2 is 0.957 bits per heavy atom. The lowest BCUT2D eigenvalue weighted by molar-refractivity contribution is -0.152. The maximum Gasteiger partial charge on any atom is 0.305 e. The molecule has 15 atom stereocenters. The largest absolute Gasteiger partial charge is 0.508 e. The molecule has 3 fully saturated rings. The number of aromatic nitrogens is 1. The summed E-state index contributed by atoms with van der Waals surface area (Å²) < 4.78 is 45.2. The average molecular weight is 1930 g/mol. The predicted octanol–water partition coefficient (Wildman–Crippen LogP) is 1.75. The molecule has 17 N–H and O–H groups in total. The molecule has 0 aliphatic carbocycles. The first-order chi connectivity index (χ1) is 65.6. The Bertz CT molecular complexity index is 5530. The van der Waals surface area contributed by atoms with Gasteiger partial charge in [0.2, 0.25) is 88.6 Å². The number of carbonyl (C=O) groups excluding carboxylic acids is 15. The molecule has 0 unspecified atom stereocenters. The number of hydrogen-bond acceptors (Lipinski definition) is 21. The van der Waals surface area contributed by atoms with Gasteiger partial charge in [-0.05, 0) is 101 Å². The number of primary amides is 1. The van der Waals surface area contributed by atoms with Crippen LogP contribution in [0.5, 0.6) is 11.5 Å². The minimum absolute atomic E-state index is 0.141. The molecular formula is C97H119F3N16O21S. The minimum Gasteiger partial charge on any atom is -0.508 e. The number of aliphatic hydroxyl groups is 2. The molecule has 740 valence electrons. The van der Waals surface area contributed by atoms with E-state index in [2.05, 4.69) is 52.8 Å². The third-order valence-corrected chi connectivity index (χ3v) is 25.5. The average Bonchev–Trinajstić information content (AvgIpc) is 1.62.